The minimum atomic E-state index is -0.466. The molecule has 0 bridgehead atoms. The van der Waals surface area contributed by atoms with E-state index in [1.807, 2.05) is 0 Å². The van der Waals surface area contributed by atoms with Crippen LogP contribution in [0.3, 0.4) is 0 Å². The number of nitro benzene ring substituents is 1. The highest BCUT2D eigenvalue weighted by molar-refractivity contribution is 9.10. The number of rotatable bonds is 2. The molecule has 0 aliphatic carbocycles. The van der Waals surface area contributed by atoms with Crippen molar-refractivity contribution in [3.8, 4) is 0 Å². The molecule has 1 rings (SSSR count). The van der Waals surface area contributed by atoms with Crippen molar-refractivity contribution in [3.63, 3.8) is 0 Å². The first kappa shape index (κ1) is 10.3. The molecule has 0 amide bonds. The van der Waals surface area contributed by atoms with Crippen LogP contribution in [0.5, 0.6) is 0 Å². The summed E-state index contributed by atoms with van der Waals surface area (Å²) >= 11 is 8.79. The number of nitrogens with zero attached hydrogens (tertiary/aromatic N) is 1. The number of hydrogen-bond donors (Lipinski definition) is 1. The first-order valence-corrected chi connectivity index (χ1v) is 4.54. The lowest BCUT2D eigenvalue weighted by atomic mass is 10.3. The summed E-state index contributed by atoms with van der Waals surface area (Å²) in [6, 6.07) is 2.99. The van der Waals surface area contributed by atoms with Gasteiger partial charge in [0.2, 0.25) is 0 Å². The van der Waals surface area contributed by atoms with Crippen molar-refractivity contribution < 1.29 is 4.92 Å². The van der Waals surface area contributed by atoms with E-state index in [0.29, 0.717) is 15.2 Å². The van der Waals surface area contributed by atoms with E-state index >= 15 is 0 Å². The van der Waals surface area contributed by atoms with E-state index in [4.69, 9.17) is 11.6 Å². The summed E-state index contributed by atoms with van der Waals surface area (Å²) in [5.74, 6) is 0. The zero-order valence-electron chi connectivity index (χ0n) is 6.67. The first-order chi connectivity index (χ1) is 6.06. The van der Waals surface area contributed by atoms with Crippen molar-refractivity contribution >= 4 is 38.9 Å². The van der Waals surface area contributed by atoms with Gasteiger partial charge in [0.1, 0.15) is 5.69 Å². The van der Waals surface area contributed by atoms with Crippen LogP contribution in [0.1, 0.15) is 0 Å². The van der Waals surface area contributed by atoms with Crippen LogP contribution >= 0.6 is 27.5 Å². The van der Waals surface area contributed by atoms with Crippen molar-refractivity contribution in [1.29, 1.82) is 0 Å². The third kappa shape index (κ3) is 2.10. The van der Waals surface area contributed by atoms with E-state index in [9.17, 15) is 10.1 Å². The Bertz CT molecular complexity index is 357. The zero-order valence-corrected chi connectivity index (χ0v) is 9.02. The Labute approximate surface area is 88.2 Å². The molecule has 0 radical (unpaired) electrons. The second-order valence-electron chi connectivity index (χ2n) is 2.29. The van der Waals surface area contributed by atoms with Gasteiger partial charge in [-0.15, -0.1) is 0 Å². The van der Waals surface area contributed by atoms with Crippen molar-refractivity contribution in [1.82, 2.24) is 0 Å². The van der Waals surface area contributed by atoms with Gasteiger partial charge in [-0.1, -0.05) is 11.6 Å². The maximum Gasteiger partial charge on any atom is 0.306 e. The highest BCUT2D eigenvalue weighted by Crippen LogP contribution is 2.35. The summed E-state index contributed by atoms with van der Waals surface area (Å²) in [4.78, 5) is 10.1. The summed E-state index contributed by atoms with van der Waals surface area (Å²) < 4.78 is 0.370. The fraction of sp³-hybridized carbons (Fsp3) is 0.143. The van der Waals surface area contributed by atoms with Gasteiger partial charge in [-0.3, -0.25) is 10.1 Å². The van der Waals surface area contributed by atoms with Gasteiger partial charge in [-0.2, -0.15) is 0 Å². The minimum Gasteiger partial charge on any atom is -0.382 e. The van der Waals surface area contributed by atoms with Gasteiger partial charge in [-0.25, -0.2) is 0 Å². The molecule has 1 N–H and O–H groups in total. The average Bonchev–Trinajstić information content (AvgIpc) is 2.01. The summed E-state index contributed by atoms with van der Waals surface area (Å²) in [5.41, 5.74) is 0.385. The number of nitrogens with one attached hydrogen (secondary N) is 1. The topological polar surface area (TPSA) is 55.2 Å². The lowest BCUT2D eigenvalue weighted by molar-refractivity contribution is -0.384. The molecule has 0 saturated heterocycles. The molecular formula is C7H6BrClN2O2. The molecule has 70 valence electrons. The lowest BCUT2D eigenvalue weighted by Gasteiger charge is -2.03. The van der Waals surface area contributed by atoms with Gasteiger partial charge in [0.05, 0.1) is 9.40 Å². The second kappa shape index (κ2) is 3.93. The van der Waals surface area contributed by atoms with Crippen molar-refractivity contribution in [2.75, 3.05) is 12.4 Å². The maximum absolute atomic E-state index is 10.6. The molecule has 0 aliphatic rings. The first-order valence-electron chi connectivity index (χ1n) is 3.37. The highest BCUT2D eigenvalue weighted by Gasteiger charge is 2.18. The van der Waals surface area contributed by atoms with E-state index in [-0.39, 0.29) is 5.69 Å². The molecule has 0 aliphatic heterocycles. The molecule has 0 aromatic heterocycles. The predicted octanol–water partition coefficient (Wildman–Crippen LogP) is 3.05. The van der Waals surface area contributed by atoms with Gasteiger partial charge in [0.25, 0.3) is 0 Å². The van der Waals surface area contributed by atoms with Crippen LogP contribution in [0.4, 0.5) is 11.4 Å². The van der Waals surface area contributed by atoms with Gasteiger partial charge < -0.3 is 5.32 Å². The fourth-order valence-electron chi connectivity index (χ4n) is 0.942. The summed E-state index contributed by atoms with van der Waals surface area (Å²) in [7, 11) is 1.60. The fourth-order valence-corrected chi connectivity index (χ4v) is 1.90. The van der Waals surface area contributed by atoms with Crippen molar-refractivity contribution in [2.45, 2.75) is 0 Å². The Hall–Kier alpha value is -0.810. The van der Waals surface area contributed by atoms with Crippen molar-refractivity contribution in [3.05, 3.63) is 31.7 Å². The zero-order chi connectivity index (χ0) is 10.0. The SMILES string of the molecule is CNc1cc(Cl)cc(Br)c1[N+](=O)[O-]. The summed E-state index contributed by atoms with van der Waals surface area (Å²) in [6.45, 7) is 0. The Kier molecular flexibility index (Phi) is 3.11. The summed E-state index contributed by atoms with van der Waals surface area (Å²) in [5, 5.41) is 13.8. The average molecular weight is 265 g/mol. The van der Waals surface area contributed by atoms with Gasteiger partial charge >= 0.3 is 5.69 Å². The smallest absolute Gasteiger partial charge is 0.306 e. The quantitative estimate of drug-likeness (QED) is 0.660. The van der Waals surface area contributed by atoms with Gasteiger partial charge in [-0.05, 0) is 28.1 Å². The molecule has 1 aromatic carbocycles. The van der Waals surface area contributed by atoms with Crippen LogP contribution in [0, 0.1) is 10.1 Å². The number of nitro groups is 1. The molecule has 4 nitrogen and oxygen atoms in total. The molecule has 13 heavy (non-hydrogen) atoms. The molecule has 0 saturated carbocycles. The standard InChI is InChI=1S/C7H6BrClN2O2/c1-10-6-3-4(9)2-5(8)7(6)11(12)13/h2-3,10H,1H3. The van der Waals surface area contributed by atoms with Crippen LogP contribution in [-0.2, 0) is 0 Å². The predicted molar refractivity (Wildman–Crippen MR) is 55.4 cm³/mol. The minimum absolute atomic E-state index is 0.00750. The molecule has 1 aromatic rings. The number of benzene rings is 1. The van der Waals surface area contributed by atoms with E-state index < -0.39 is 4.92 Å². The molecule has 0 fully saturated rings. The van der Waals surface area contributed by atoms with Crippen LogP contribution in [0.25, 0.3) is 0 Å². The number of hydrogen-bond acceptors (Lipinski definition) is 3. The van der Waals surface area contributed by atoms with Crippen LogP contribution in [-0.4, -0.2) is 12.0 Å². The third-order valence-corrected chi connectivity index (χ3v) is 2.30. The van der Waals surface area contributed by atoms with E-state index in [1.165, 1.54) is 12.1 Å². The molecule has 0 heterocycles. The summed E-state index contributed by atoms with van der Waals surface area (Å²) in [6.07, 6.45) is 0. The number of halogens is 2. The van der Waals surface area contributed by atoms with Crippen LogP contribution < -0.4 is 5.32 Å². The van der Waals surface area contributed by atoms with Crippen LogP contribution in [0.15, 0.2) is 16.6 Å². The number of anilines is 1. The largest absolute Gasteiger partial charge is 0.382 e. The second-order valence-corrected chi connectivity index (χ2v) is 3.58. The third-order valence-electron chi connectivity index (χ3n) is 1.48. The molecular weight excluding hydrogens is 259 g/mol. The van der Waals surface area contributed by atoms with E-state index in [2.05, 4.69) is 21.2 Å². The Morgan fingerprint density at radius 1 is 1.62 bits per heavy atom. The lowest BCUT2D eigenvalue weighted by Crippen LogP contribution is -1.97. The van der Waals surface area contributed by atoms with E-state index in [0.717, 1.165) is 0 Å². The van der Waals surface area contributed by atoms with Crippen LogP contribution in [0.2, 0.25) is 5.02 Å². The Morgan fingerprint density at radius 2 is 2.23 bits per heavy atom. The van der Waals surface area contributed by atoms with Gasteiger partial charge in [0, 0.05) is 12.1 Å². The maximum atomic E-state index is 10.6. The molecule has 0 atom stereocenters. The van der Waals surface area contributed by atoms with Crippen molar-refractivity contribution in [2.24, 2.45) is 0 Å². The monoisotopic (exact) mass is 264 g/mol. The highest BCUT2D eigenvalue weighted by atomic mass is 79.9. The molecule has 6 heteroatoms. The normalized spacial score (nSPS) is 9.77. The molecule has 0 unspecified atom stereocenters. The Morgan fingerprint density at radius 3 is 2.69 bits per heavy atom. The Balaban J connectivity index is 3.38. The van der Waals surface area contributed by atoms with E-state index in [1.54, 1.807) is 7.05 Å². The molecule has 0 spiro atoms. The van der Waals surface area contributed by atoms with Gasteiger partial charge in [0.15, 0.2) is 0 Å².